The summed E-state index contributed by atoms with van der Waals surface area (Å²) in [6.45, 7) is 14.7. The molecule has 0 amide bonds. The molecule has 0 aromatic carbocycles. The Kier molecular flexibility index (Phi) is 7.54. The molecule has 7 nitrogen and oxygen atoms in total. The number of likely N-dealkylation sites (N-methyl/N-ethyl adjacent to an activating group) is 1. The van der Waals surface area contributed by atoms with Crippen LogP contribution in [0.5, 0.6) is 0 Å². The standard InChI is InChI=1S/C19H37N5O2/c1-4-22-7-9-23(10-8-22)16(2)14-21-19(20-3)24-11-13-26-18(15-24)17-6-5-12-25-17/h16-18H,4-15H2,1-3H3,(H,20,21). The minimum atomic E-state index is 0.171. The molecule has 1 N–H and O–H groups in total. The van der Waals surface area contributed by atoms with Crippen molar-refractivity contribution < 1.29 is 9.47 Å². The first kappa shape index (κ1) is 19.9. The van der Waals surface area contributed by atoms with Crippen LogP contribution in [0.25, 0.3) is 0 Å². The molecule has 0 bridgehead atoms. The summed E-state index contributed by atoms with van der Waals surface area (Å²) in [6.07, 6.45) is 2.69. The fourth-order valence-corrected chi connectivity index (χ4v) is 4.21. The second-order valence-electron chi connectivity index (χ2n) is 7.65. The van der Waals surface area contributed by atoms with Crippen LogP contribution >= 0.6 is 0 Å². The van der Waals surface area contributed by atoms with Crippen molar-refractivity contribution >= 4 is 5.96 Å². The number of hydrogen-bond donors (Lipinski definition) is 1. The van der Waals surface area contributed by atoms with Gasteiger partial charge >= 0.3 is 0 Å². The SMILES string of the molecule is CCN1CCN(C(C)CNC(=NC)N2CCOC(C3CCCO3)C2)CC1. The molecular formula is C19H37N5O2. The molecular weight excluding hydrogens is 330 g/mol. The summed E-state index contributed by atoms with van der Waals surface area (Å²) in [6, 6.07) is 0.515. The molecule has 3 fully saturated rings. The lowest BCUT2D eigenvalue weighted by Crippen LogP contribution is -2.56. The number of nitrogens with one attached hydrogen (secondary N) is 1. The summed E-state index contributed by atoms with van der Waals surface area (Å²) in [7, 11) is 1.88. The zero-order valence-electron chi connectivity index (χ0n) is 16.8. The van der Waals surface area contributed by atoms with Crippen molar-refractivity contribution in [1.29, 1.82) is 0 Å². The Morgan fingerprint density at radius 1 is 1.12 bits per heavy atom. The monoisotopic (exact) mass is 367 g/mol. The summed E-state index contributed by atoms with van der Waals surface area (Å²) in [5.41, 5.74) is 0. The fraction of sp³-hybridized carbons (Fsp3) is 0.947. The van der Waals surface area contributed by atoms with Gasteiger partial charge in [0.25, 0.3) is 0 Å². The van der Waals surface area contributed by atoms with E-state index >= 15 is 0 Å². The molecule has 0 aliphatic carbocycles. The predicted octanol–water partition coefficient (Wildman–Crippen LogP) is 0.468. The highest BCUT2D eigenvalue weighted by molar-refractivity contribution is 5.80. The first-order valence-corrected chi connectivity index (χ1v) is 10.4. The van der Waals surface area contributed by atoms with Crippen molar-refractivity contribution in [3.8, 4) is 0 Å². The van der Waals surface area contributed by atoms with Crippen molar-refractivity contribution in [2.75, 3.05) is 72.6 Å². The molecule has 3 unspecified atom stereocenters. The van der Waals surface area contributed by atoms with Gasteiger partial charge in [-0.2, -0.15) is 0 Å². The molecule has 3 aliphatic rings. The third-order valence-electron chi connectivity index (χ3n) is 6.02. The van der Waals surface area contributed by atoms with E-state index in [9.17, 15) is 0 Å². The number of piperazine rings is 1. The van der Waals surface area contributed by atoms with E-state index in [4.69, 9.17) is 9.47 Å². The van der Waals surface area contributed by atoms with E-state index in [1.54, 1.807) is 0 Å². The summed E-state index contributed by atoms with van der Waals surface area (Å²) < 4.78 is 11.8. The fourth-order valence-electron chi connectivity index (χ4n) is 4.21. The highest BCUT2D eigenvalue weighted by Crippen LogP contribution is 2.21. The highest BCUT2D eigenvalue weighted by atomic mass is 16.5. The summed E-state index contributed by atoms with van der Waals surface area (Å²) in [5, 5.41) is 3.60. The van der Waals surface area contributed by atoms with Gasteiger partial charge in [-0.15, -0.1) is 0 Å². The topological polar surface area (TPSA) is 52.6 Å². The second-order valence-corrected chi connectivity index (χ2v) is 7.65. The average Bonchev–Trinajstić information content (AvgIpc) is 3.23. The van der Waals surface area contributed by atoms with Gasteiger partial charge in [-0.25, -0.2) is 0 Å². The van der Waals surface area contributed by atoms with Gasteiger partial charge in [0.2, 0.25) is 0 Å². The highest BCUT2D eigenvalue weighted by Gasteiger charge is 2.32. The van der Waals surface area contributed by atoms with Crippen LogP contribution in [-0.2, 0) is 9.47 Å². The van der Waals surface area contributed by atoms with Gasteiger partial charge in [0.05, 0.1) is 12.7 Å². The zero-order valence-corrected chi connectivity index (χ0v) is 16.8. The van der Waals surface area contributed by atoms with E-state index in [1.807, 2.05) is 7.05 Å². The Morgan fingerprint density at radius 2 is 1.88 bits per heavy atom. The normalized spacial score (nSPS) is 30.6. The number of hydrogen-bond acceptors (Lipinski definition) is 5. The van der Waals surface area contributed by atoms with Crippen molar-refractivity contribution in [3.05, 3.63) is 0 Å². The smallest absolute Gasteiger partial charge is 0.193 e. The molecule has 3 rings (SSSR count). The lowest BCUT2D eigenvalue weighted by atomic mass is 10.1. The Labute approximate surface area is 158 Å². The molecule has 3 heterocycles. The second kappa shape index (κ2) is 9.88. The number of guanidine groups is 1. The molecule has 26 heavy (non-hydrogen) atoms. The van der Waals surface area contributed by atoms with E-state index in [0.717, 1.165) is 71.3 Å². The van der Waals surface area contributed by atoms with E-state index < -0.39 is 0 Å². The van der Waals surface area contributed by atoms with E-state index in [2.05, 4.69) is 38.9 Å². The number of morpholine rings is 1. The zero-order chi connectivity index (χ0) is 18.4. The Bertz CT molecular complexity index is 447. The molecule has 7 heteroatoms. The molecule has 3 atom stereocenters. The predicted molar refractivity (Wildman–Crippen MR) is 105 cm³/mol. The molecule has 3 aliphatic heterocycles. The first-order chi connectivity index (χ1) is 12.7. The quantitative estimate of drug-likeness (QED) is 0.563. The molecule has 3 saturated heterocycles. The maximum absolute atomic E-state index is 5.97. The third-order valence-corrected chi connectivity index (χ3v) is 6.02. The van der Waals surface area contributed by atoms with E-state index in [0.29, 0.717) is 6.04 Å². The van der Waals surface area contributed by atoms with Gasteiger partial charge in [-0.1, -0.05) is 6.92 Å². The Morgan fingerprint density at radius 3 is 2.54 bits per heavy atom. The lowest BCUT2D eigenvalue weighted by Gasteiger charge is -2.39. The van der Waals surface area contributed by atoms with Crippen molar-refractivity contribution in [1.82, 2.24) is 20.0 Å². The summed E-state index contributed by atoms with van der Waals surface area (Å²) in [5.74, 6) is 0.996. The van der Waals surface area contributed by atoms with Crippen LogP contribution in [0.15, 0.2) is 4.99 Å². The molecule has 0 saturated carbocycles. The largest absolute Gasteiger partial charge is 0.375 e. The van der Waals surface area contributed by atoms with Crippen molar-refractivity contribution in [2.45, 2.75) is 44.9 Å². The Balaban J connectivity index is 1.45. The van der Waals surface area contributed by atoms with Crippen LogP contribution in [0.4, 0.5) is 0 Å². The van der Waals surface area contributed by atoms with Gasteiger partial charge in [0.1, 0.15) is 6.10 Å². The van der Waals surface area contributed by atoms with Crippen LogP contribution in [0.1, 0.15) is 26.7 Å². The molecule has 0 spiro atoms. The van der Waals surface area contributed by atoms with Crippen LogP contribution in [0.3, 0.4) is 0 Å². The van der Waals surface area contributed by atoms with Gasteiger partial charge in [0, 0.05) is 65.5 Å². The van der Waals surface area contributed by atoms with Crippen molar-refractivity contribution in [3.63, 3.8) is 0 Å². The summed E-state index contributed by atoms with van der Waals surface area (Å²) >= 11 is 0. The minimum Gasteiger partial charge on any atom is -0.375 e. The lowest BCUT2D eigenvalue weighted by molar-refractivity contribution is -0.0817. The van der Waals surface area contributed by atoms with Gasteiger partial charge in [0.15, 0.2) is 5.96 Å². The minimum absolute atomic E-state index is 0.171. The van der Waals surface area contributed by atoms with E-state index in [-0.39, 0.29) is 12.2 Å². The maximum atomic E-state index is 5.97. The van der Waals surface area contributed by atoms with Crippen molar-refractivity contribution in [2.24, 2.45) is 4.99 Å². The number of ether oxygens (including phenoxy) is 2. The van der Waals surface area contributed by atoms with Crippen LogP contribution < -0.4 is 5.32 Å². The molecule has 0 radical (unpaired) electrons. The van der Waals surface area contributed by atoms with E-state index in [1.165, 1.54) is 13.1 Å². The number of aliphatic imine (C=N–C) groups is 1. The Hall–Kier alpha value is -0.890. The number of nitrogens with zero attached hydrogens (tertiary/aromatic N) is 4. The average molecular weight is 368 g/mol. The maximum Gasteiger partial charge on any atom is 0.193 e. The van der Waals surface area contributed by atoms with Crippen LogP contribution in [-0.4, -0.2) is 112 Å². The van der Waals surface area contributed by atoms with Gasteiger partial charge in [-0.3, -0.25) is 9.89 Å². The van der Waals surface area contributed by atoms with Crippen LogP contribution in [0, 0.1) is 0 Å². The van der Waals surface area contributed by atoms with Gasteiger partial charge < -0.3 is 24.6 Å². The molecule has 0 aromatic rings. The third kappa shape index (κ3) is 5.09. The number of rotatable bonds is 5. The van der Waals surface area contributed by atoms with Gasteiger partial charge in [-0.05, 0) is 26.3 Å². The molecule has 150 valence electrons. The molecule has 0 aromatic heterocycles. The first-order valence-electron chi connectivity index (χ1n) is 10.4. The summed E-state index contributed by atoms with van der Waals surface area (Å²) in [4.78, 5) is 12.0. The van der Waals surface area contributed by atoms with Crippen LogP contribution in [0.2, 0.25) is 0 Å².